The van der Waals surface area contributed by atoms with E-state index >= 15 is 0 Å². The lowest BCUT2D eigenvalue weighted by Crippen LogP contribution is -2.45. The molecule has 1 aliphatic rings. The lowest BCUT2D eigenvalue weighted by atomic mass is 9.90. The Labute approximate surface area is 143 Å². The molecule has 1 amide bonds. The summed E-state index contributed by atoms with van der Waals surface area (Å²) >= 11 is 3.46. The van der Waals surface area contributed by atoms with E-state index in [1.54, 1.807) is 4.90 Å². The van der Waals surface area contributed by atoms with Crippen molar-refractivity contribution >= 4 is 38.6 Å². The van der Waals surface area contributed by atoms with Gasteiger partial charge < -0.3 is 10.0 Å². The molecule has 0 saturated carbocycles. The number of carboxylic acids is 1. The quantitative estimate of drug-likeness (QED) is 0.868. The van der Waals surface area contributed by atoms with Crippen LogP contribution in [0.25, 0.3) is 10.8 Å². The molecule has 2 atom stereocenters. The third-order valence-electron chi connectivity index (χ3n) is 4.35. The molecule has 2 aromatic rings. The van der Waals surface area contributed by atoms with E-state index in [9.17, 15) is 14.7 Å². The van der Waals surface area contributed by atoms with Gasteiger partial charge in [-0.15, -0.1) is 0 Å². The van der Waals surface area contributed by atoms with Crippen LogP contribution in [0, 0.1) is 11.8 Å². The van der Waals surface area contributed by atoms with Gasteiger partial charge in [0.2, 0.25) is 0 Å². The predicted molar refractivity (Wildman–Crippen MR) is 92.5 cm³/mol. The number of amides is 1. The molecule has 1 aliphatic heterocycles. The number of likely N-dealkylation sites (tertiary alicyclic amines) is 1. The van der Waals surface area contributed by atoms with Gasteiger partial charge in [0.1, 0.15) is 0 Å². The van der Waals surface area contributed by atoms with Crippen LogP contribution in [0.2, 0.25) is 0 Å². The fraction of sp³-hybridized carbons (Fsp3) is 0.333. The third kappa shape index (κ3) is 3.24. The van der Waals surface area contributed by atoms with E-state index in [-0.39, 0.29) is 18.4 Å². The molecule has 5 heteroatoms. The Kier molecular flexibility index (Phi) is 4.39. The number of fused-ring (bicyclic) bond motifs is 1. The number of carbonyl (C=O) groups excluding carboxylic acids is 1. The standard InChI is InChI=1S/C18H18BrNO3/c1-11-6-13(18(22)23)10-20(9-11)17(21)16-8-14(19)7-12-4-2-3-5-15(12)16/h2-5,7-8,11,13H,6,9-10H2,1H3,(H,22,23). The van der Waals surface area contributed by atoms with Crippen LogP contribution < -0.4 is 0 Å². The van der Waals surface area contributed by atoms with Gasteiger partial charge in [-0.3, -0.25) is 9.59 Å². The minimum absolute atomic E-state index is 0.0969. The molecule has 0 aliphatic carbocycles. The summed E-state index contributed by atoms with van der Waals surface area (Å²) in [6, 6.07) is 11.5. The molecule has 1 saturated heterocycles. The van der Waals surface area contributed by atoms with Gasteiger partial charge in [-0.2, -0.15) is 0 Å². The fourth-order valence-corrected chi connectivity index (χ4v) is 3.79. The Balaban J connectivity index is 1.98. The van der Waals surface area contributed by atoms with Gasteiger partial charge in [0.25, 0.3) is 5.91 Å². The number of nitrogens with zero attached hydrogens (tertiary/aromatic N) is 1. The molecule has 1 heterocycles. The van der Waals surface area contributed by atoms with Crippen molar-refractivity contribution in [2.24, 2.45) is 11.8 Å². The fourth-order valence-electron chi connectivity index (χ4n) is 3.32. The van der Waals surface area contributed by atoms with Crippen LogP contribution in [-0.4, -0.2) is 35.0 Å². The zero-order valence-corrected chi connectivity index (χ0v) is 14.4. The van der Waals surface area contributed by atoms with Gasteiger partial charge in [-0.25, -0.2) is 0 Å². The number of hydrogen-bond acceptors (Lipinski definition) is 2. The first-order valence-electron chi connectivity index (χ1n) is 7.66. The normalized spacial score (nSPS) is 21.4. The number of hydrogen-bond donors (Lipinski definition) is 1. The predicted octanol–water partition coefficient (Wildman–Crippen LogP) is 3.79. The number of benzene rings is 2. The van der Waals surface area contributed by atoms with Crippen molar-refractivity contribution in [3.63, 3.8) is 0 Å². The molecule has 0 aromatic heterocycles. The maximum absolute atomic E-state index is 13.0. The Morgan fingerprint density at radius 2 is 1.96 bits per heavy atom. The summed E-state index contributed by atoms with van der Waals surface area (Å²) in [5, 5.41) is 11.2. The SMILES string of the molecule is CC1CC(C(=O)O)CN(C(=O)c2cc(Br)cc3ccccc23)C1. The topological polar surface area (TPSA) is 57.6 Å². The van der Waals surface area contributed by atoms with Crippen LogP contribution >= 0.6 is 15.9 Å². The van der Waals surface area contributed by atoms with Crippen LogP contribution in [0.3, 0.4) is 0 Å². The summed E-state index contributed by atoms with van der Waals surface area (Å²) in [6.45, 7) is 2.87. The molecule has 120 valence electrons. The lowest BCUT2D eigenvalue weighted by molar-refractivity contribution is -0.143. The monoisotopic (exact) mass is 375 g/mol. The van der Waals surface area contributed by atoms with E-state index in [1.807, 2.05) is 43.3 Å². The molecule has 0 spiro atoms. The van der Waals surface area contributed by atoms with E-state index in [1.165, 1.54) is 0 Å². The molecular formula is C18H18BrNO3. The van der Waals surface area contributed by atoms with Crippen LogP contribution in [0.1, 0.15) is 23.7 Å². The minimum atomic E-state index is -0.826. The Morgan fingerprint density at radius 3 is 2.70 bits per heavy atom. The van der Waals surface area contributed by atoms with Gasteiger partial charge in [-0.05, 0) is 35.2 Å². The molecule has 4 nitrogen and oxygen atoms in total. The Hall–Kier alpha value is -1.88. The summed E-state index contributed by atoms with van der Waals surface area (Å²) in [5.41, 5.74) is 0.619. The van der Waals surface area contributed by atoms with Crippen molar-refractivity contribution in [3.8, 4) is 0 Å². The highest BCUT2D eigenvalue weighted by molar-refractivity contribution is 9.10. The maximum atomic E-state index is 13.0. The maximum Gasteiger partial charge on any atom is 0.308 e. The molecule has 0 bridgehead atoms. The van der Waals surface area contributed by atoms with Gasteiger partial charge >= 0.3 is 5.97 Å². The average molecular weight is 376 g/mol. The van der Waals surface area contributed by atoms with E-state index in [2.05, 4.69) is 15.9 Å². The molecule has 0 radical (unpaired) electrons. The molecule has 23 heavy (non-hydrogen) atoms. The smallest absolute Gasteiger partial charge is 0.308 e. The van der Waals surface area contributed by atoms with Crippen LogP contribution in [0.4, 0.5) is 0 Å². The van der Waals surface area contributed by atoms with Crippen molar-refractivity contribution in [2.75, 3.05) is 13.1 Å². The first kappa shape index (κ1) is 16.0. The zero-order valence-electron chi connectivity index (χ0n) is 12.8. The third-order valence-corrected chi connectivity index (χ3v) is 4.81. The average Bonchev–Trinajstić information content (AvgIpc) is 2.52. The summed E-state index contributed by atoms with van der Waals surface area (Å²) in [6.07, 6.45) is 0.623. The highest BCUT2D eigenvalue weighted by Crippen LogP contribution is 2.28. The number of aliphatic carboxylic acids is 1. The van der Waals surface area contributed by atoms with E-state index in [0.717, 1.165) is 15.2 Å². The first-order chi connectivity index (χ1) is 11.0. The van der Waals surface area contributed by atoms with Crippen LogP contribution in [0.15, 0.2) is 40.9 Å². The molecule has 3 rings (SSSR count). The van der Waals surface area contributed by atoms with Crippen LogP contribution in [-0.2, 0) is 4.79 Å². The molecule has 1 N–H and O–H groups in total. The van der Waals surface area contributed by atoms with Gasteiger partial charge in [-0.1, -0.05) is 47.1 Å². The number of carboxylic acid groups (broad SMARTS) is 1. The molecule has 2 unspecified atom stereocenters. The number of carbonyl (C=O) groups is 2. The Morgan fingerprint density at radius 1 is 1.22 bits per heavy atom. The number of halogens is 1. The van der Waals surface area contributed by atoms with Gasteiger partial charge in [0.05, 0.1) is 5.92 Å². The molecule has 2 aromatic carbocycles. The van der Waals surface area contributed by atoms with Gasteiger partial charge in [0.15, 0.2) is 0 Å². The van der Waals surface area contributed by atoms with Crippen molar-refractivity contribution in [2.45, 2.75) is 13.3 Å². The second-order valence-electron chi connectivity index (χ2n) is 6.26. The summed E-state index contributed by atoms with van der Waals surface area (Å²) in [7, 11) is 0. The van der Waals surface area contributed by atoms with E-state index in [4.69, 9.17) is 0 Å². The van der Waals surface area contributed by atoms with Crippen LogP contribution in [0.5, 0.6) is 0 Å². The molecule has 1 fully saturated rings. The second-order valence-corrected chi connectivity index (χ2v) is 7.18. The number of piperidine rings is 1. The van der Waals surface area contributed by atoms with Crippen molar-refractivity contribution < 1.29 is 14.7 Å². The minimum Gasteiger partial charge on any atom is -0.481 e. The Bertz CT molecular complexity index is 774. The lowest BCUT2D eigenvalue weighted by Gasteiger charge is -2.35. The summed E-state index contributed by atoms with van der Waals surface area (Å²) in [5.74, 6) is -1.22. The van der Waals surface area contributed by atoms with Crippen molar-refractivity contribution in [1.82, 2.24) is 4.90 Å². The van der Waals surface area contributed by atoms with E-state index < -0.39 is 11.9 Å². The van der Waals surface area contributed by atoms with Crippen molar-refractivity contribution in [1.29, 1.82) is 0 Å². The summed E-state index contributed by atoms with van der Waals surface area (Å²) < 4.78 is 0.847. The highest BCUT2D eigenvalue weighted by atomic mass is 79.9. The second kappa shape index (κ2) is 6.32. The number of rotatable bonds is 2. The zero-order chi connectivity index (χ0) is 16.6. The van der Waals surface area contributed by atoms with Gasteiger partial charge in [0, 0.05) is 23.1 Å². The van der Waals surface area contributed by atoms with Crippen molar-refractivity contribution in [3.05, 3.63) is 46.4 Å². The largest absolute Gasteiger partial charge is 0.481 e. The highest BCUT2D eigenvalue weighted by Gasteiger charge is 2.32. The first-order valence-corrected chi connectivity index (χ1v) is 8.45. The molecular weight excluding hydrogens is 358 g/mol. The summed E-state index contributed by atoms with van der Waals surface area (Å²) in [4.78, 5) is 26.0. The van der Waals surface area contributed by atoms with E-state index in [0.29, 0.717) is 18.5 Å².